The highest BCUT2D eigenvalue weighted by Crippen LogP contribution is 2.23. The van der Waals surface area contributed by atoms with Crippen LogP contribution in [0.2, 0.25) is 0 Å². The molecule has 0 aliphatic rings. The van der Waals surface area contributed by atoms with Crippen molar-refractivity contribution in [2.24, 2.45) is 5.92 Å². The Hall–Kier alpha value is -2.15. The summed E-state index contributed by atoms with van der Waals surface area (Å²) in [6.45, 7) is 9.21. The first-order valence-electron chi connectivity index (χ1n) is 8.32. The van der Waals surface area contributed by atoms with Crippen LogP contribution >= 0.6 is 11.3 Å². The molecule has 0 unspecified atom stereocenters. The van der Waals surface area contributed by atoms with E-state index in [4.69, 9.17) is 4.74 Å². The molecular formula is C18H25N3O3S. The van der Waals surface area contributed by atoms with E-state index < -0.39 is 5.97 Å². The highest BCUT2D eigenvalue weighted by Gasteiger charge is 2.17. The fourth-order valence-electron chi connectivity index (χ4n) is 2.73. The Balaban J connectivity index is 2.00. The first-order valence-corrected chi connectivity index (χ1v) is 9.20. The number of carbonyl (C=O) groups is 2. The third-order valence-corrected chi connectivity index (χ3v) is 4.88. The molecule has 1 amide bonds. The maximum Gasteiger partial charge on any atom is 0.350 e. The van der Waals surface area contributed by atoms with Gasteiger partial charge in [0.1, 0.15) is 4.88 Å². The molecule has 2 aromatic rings. The number of hydrogen-bond acceptors (Lipinski definition) is 5. The van der Waals surface area contributed by atoms with Gasteiger partial charge in [-0.25, -0.2) is 4.79 Å². The quantitative estimate of drug-likeness (QED) is 0.763. The molecule has 0 spiro atoms. The van der Waals surface area contributed by atoms with E-state index in [1.54, 1.807) is 11.4 Å². The van der Waals surface area contributed by atoms with Gasteiger partial charge in [-0.2, -0.15) is 5.10 Å². The van der Waals surface area contributed by atoms with Gasteiger partial charge in [0, 0.05) is 18.7 Å². The van der Waals surface area contributed by atoms with Gasteiger partial charge in [0.2, 0.25) is 5.91 Å². The maximum absolute atomic E-state index is 12.3. The molecule has 0 atom stereocenters. The Kier molecular flexibility index (Phi) is 6.36. The minimum absolute atomic E-state index is 0.126. The van der Waals surface area contributed by atoms with E-state index in [0.29, 0.717) is 29.3 Å². The molecule has 2 heterocycles. The summed E-state index contributed by atoms with van der Waals surface area (Å²) in [7, 11) is 1.33. The lowest BCUT2D eigenvalue weighted by molar-refractivity contribution is -0.116. The molecule has 6 nitrogen and oxygen atoms in total. The van der Waals surface area contributed by atoms with Crippen molar-refractivity contribution in [1.82, 2.24) is 9.78 Å². The summed E-state index contributed by atoms with van der Waals surface area (Å²) in [5.74, 6) is -0.0459. The monoisotopic (exact) mass is 363 g/mol. The predicted octanol–water partition coefficient (Wildman–Crippen LogP) is 3.58. The van der Waals surface area contributed by atoms with Crippen molar-refractivity contribution in [3.05, 3.63) is 33.3 Å². The number of ether oxygens (including phenoxy) is 1. The van der Waals surface area contributed by atoms with E-state index >= 15 is 0 Å². The van der Waals surface area contributed by atoms with Crippen molar-refractivity contribution in [2.45, 2.75) is 47.1 Å². The summed E-state index contributed by atoms with van der Waals surface area (Å²) >= 11 is 1.25. The lowest BCUT2D eigenvalue weighted by Crippen LogP contribution is -2.14. The highest BCUT2D eigenvalue weighted by molar-refractivity contribution is 7.12. The number of anilines is 1. The van der Waals surface area contributed by atoms with E-state index in [1.165, 1.54) is 18.4 Å². The fourth-order valence-corrected chi connectivity index (χ4v) is 3.49. The van der Waals surface area contributed by atoms with Crippen LogP contribution in [0.1, 0.15) is 46.9 Å². The number of methoxy groups -OCH3 is 1. The number of thiophene rings is 1. The number of aromatic nitrogens is 2. The zero-order chi connectivity index (χ0) is 18.6. The standard InChI is InChI=1S/C18H25N3O3S/c1-11(2)10-21-13(4)14(12(3)20-21)6-7-16(22)19-15-8-9-25-17(15)18(23)24-5/h8-9,11H,6-7,10H2,1-5H3,(H,19,22). The van der Waals surface area contributed by atoms with Crippen LogP contribution in [-0.2, 0) is 22.5 Å². The van der Waals surface area contributed by atoms with Crippen molar-refractivity contribution in [2.75, 3.05) is 12.4 Å². The zero-order valence-corrected chi connectivity index (χ0v) is 16.2. The van der Waals surface area contributed by atoms with Gasteiger partial charge in [-0.05, 0) is 43.2 Å². The van der Waals surface area contributed by atoms with Crippen LogP contribution in [0.3, 0.4) is 0 Å². The first kappa shape index (κ1) is 19.2. The topological polar surface area (TPSA) is 73.2 Å². The van der Waals surface area contributed by atoms with Crippen LogP contribution in [0, 0.1) is 19.8 Å². The molecule has 0 saturated carbocycles. The molecule has 2 rings (SSSR count). The molecule has 136 valence electrons. The van der Waals surface area contributed by atoms with Gasteiger partial charge in [-0.3, -0.25) is 9.48 Å². The van der Waals surface area contributed by atoms with Crippen LogP contribution in [0.5, 0.6) is 0 Å². The summed E-state index contributed by atoms with van der Waals surface area (Å²) < 4.78 is 6.74. The summed E-state index contributed by atoms with van der Waals surface area (Å²) in [5, 5.41) is 9.13. The van der Waals surface area contributed by atoms with Gasteiger partial charge in [0.05, 0.1) is 18.5 Å². The summed E-state index contributed by atoms with van der Waals surface area (Å²) in [4.78, 5) is 24.3. The lowest BCUT2D eigenvalue weighted by atomic mass is 10.1. The van der Waals surface area contributed by atoms with E-state index in [1.807, 2.05) is 18.5 Å². The molecular weight excluding hydrogens is 338 g/mol. The van der Waals surface area contributed by atoms with Gasteiger partial charge in [-0.15, -0.1) is 11.3 Å². The van der Waals surface area contributed by atoms with Crippen LogP contribution in [0.4, 0.5) is 5.69 Å². The predicted molar refractivity (Wildman–Crippen MR) is 99.1 cm³/mol. The van der Waals surface area contributed by atoms with Crippen molar-refractivity contribution in [3.8, 4) is 0 Å². The average molecular weight is 363 g/mol. The molecule has 7 heteroatoms. The number of aryl methyl sites for hydroxylation is 1. The molecule has 0 bridgehead atoms. The normalized spacial score (nSPS) is 11.0. The van der Waals surface area contributed by atoms with Gasteiger partial charge >= 0.3 is 5.97 Å². The fraction of sp³-hybridized carbons (Fsp3) is 0.500. The third kappa shape index (κ3) is 4.69. The van der Waals surface area contributed by atoms with Gasteiger partial charge < -0.3 is 10.1 Å². The number of rotatable bonds is 7. The molecule has 0 radical (unpaired) electrons. The number of nitrogens with one attached hydrogen (secondary N) is 1. The Morgan fingerprint density at radius 3 is 2.72 bits per heavy atom. The number of carbonyl (C=O) groups excluding carboxylic acids is 2. The van der Waals surface area contributed by atoms with Crippen molar-refractivity contribution >= 4 is 28.9 Å². The Labute approximate surface area is 152 Å². The van der Waals surface area contributed by atoms with E-state index in [-0.39, 0.29) is 5.91 Å². The highest BCUT2D eigenvalue weighted by atomic mass is 32.1. The number of nitrogens with zero attached hydrogens (tertiary/aromatic N) is 2. The number of hydrogen-bond donors (Lipinski definition) is 1. The largest absolute Gasteiger partial charge is 0.465 e. The second-order valence-electron chi connectivity index (χ2n) is 6.43. The molecule has 0 aliphatic carbocycles. The van der Waals surface area contributed by atoms with Crippen molar-refractivity contribution in [3.63, 3.8) is 0 Å². The molecule has 1 N–H and O–H groups in total. The summed E-state index contributed by atoms with van der Waals surface area (Å²) in [6, 6.07) is 1.71. The first-order chi connectivity index (χ1) is 11.8. The molecule has 25 heavy (non-hydrogen) atoms. The molecule has 0 aliphatic heterocycles. The van der Waals surface area contributed by atoms with Gasteiger partial charge in [0.15, 0.2) is 0 Å². The van der Waals surface area contributed by atoms with Crippen molar-refractivity contribution < 1.29 is 14.3 Å². The van der Waals surface area contributed by atoms with E-state index in [0.717, 1.165) is 23.5 Å². The minimum Gasteiger partial charge on any atom is -0.465 e. The van der Waals surface area contributed by atoms with Gasteiger partial charge in [-0.1, -0.05) is 13.8 Å². The molecule has 0 saturated heterocycles. The van der Waals surface area contributed by atoms with Crippen LogP contribution in [-0.4, -0.2) is 28.8 Å². The van der Waals surface area contributed by atoms with Crippen LogP contribution in [0.15, 0.2) is 11.4 Å². The third-order valence-electron chi connectivity index (χ3n) is 3.98. The minimum atomic E-state index is -0.438. The van der Waals surface area contributed by atoms with E-state index in [9.17, 15) is 9.59 Å². The lowest BCUT2D eigenvalue weighted by Gasteiger charge is -2.08. The molecule has 2 aromatic heterocycles. The zero-order valence-electron chi connectivity index (χ0n) is 15.4. The Bertz CT molecular complexity index is 762. The van der Waals surface area contributed by atoms with Gasteiger partial charge in [0.25, 0.3) is 0 Å². The summed E-state index contributed by atoms with van der Waals surface area (Å²) in [5.41, 5.74) is 3.71. The van der Waals surface area contributed by atoms with Crippen LogP contribution < -0.4 is 5.32 Å². The number of esters is 1. The second kappa shape index (κ2) is 8.29. The summed E-state index contributed by atoms with van der Waals surface area (Å²) in [6.07, 6.45) is 0.963. The number of amides is 1. The van der Waals surface area contributed by atoms with Crippen molar-refractivity contribution in [1.29, 1.82) is 0 Å². The van der Waals surface area contributed by atoms with Crippen LogP contribution in [0.25, 0.3) is 0 Å². The Morgan fingerprint density at radius 2 is 2.08 bits per heavy atom. The molecule has 0 aromatic carbocycles. The SMILES string of the molecule is COC(=O)c1sccc1NC(=O)CCc1c(C)nn(CC(C)C)c1C. The second-order valence-corrected chi connectivity index (χ2v) is 7.34. The Morgan fingerprint density at radius 1 is 1.36 bits per heavy atom. The average Bonchev–Trinajstić information content (AvgIpc) is 3.10. The van der Waals surface area contributed by atoms with E-state index in [2.05, 4.69) is 24.3 Å². The smallest absolute Gasteiger partial charge is 0.350 e. The maximum atomic E-state index is 12.3. The molecule has 0 fully saturated rings.